The molecule has 0 radical (unpaired) electrons. The normalized spacial score (nSPS) is 10.8. The molecule has 1 N–H and O–H groups in total. The van der Waals surface area contributed by atoms with Gasteiger partial charge in [-0.05, 0) is 31.4 Å². The molecule has 0 fully saturated rings. The van der Waals surface area contributed by atoms with E-state index in [-0.39, 0.29) is 6.61 Å². The zero-order chi connectivity index (χ0) is 12.4. The maximum absolute atomic E-state index is 9.22. The van der Waals surface area contributed by atoms with Crippen LogP contribution in [0, 0.1) is 13.8 Å². The van der Waals surface area contributed by atoms with Crippen LogP contribution in [0.1, 0.15) is 29.3 Å². The van der Waals surface area contributed by atoms with Crippen molar-refractivity contribution in [1.29, 1.82) is 0 Å². The first kappa shape index (κ1) is 11.9. The number of aromatic nitrogens is 2. The summed E-state index contributed by atoms with van der Waals surface area (Å²) in [7, 11) is 0. The maximum Gasteiger partial charge on any atom is 0.0715 e. The molecule has 0 amide bonds. The number of para-hydroxylation sites is 1. The first-order chi connectivity index (χ1) is 8.17. The summed E-state index contributed by atoms with van der Waals surface area (Å²) in [5.74, 6) is 0. The Bertz CT molecular complexity index is 529. The van der Waals surface area contributed by atoms with Gasteiger partial charge in [0.25, 0.3) is 0 Å². The first-order valence-electron chi connectivity index (χ1n) is 5.92. The van der Waals surface area contributed by atoms with E-state index in [1.165, 1.54) is 11.1 Å². The lowest BCUT2D eigenvalue weighted by atomic mass is 10.1. The van der Waals surface area contributed by atoms with E-state index in [0.29, 0.717) is 0 Å². The van der Waals surface area contributed by atoms with Gasteiger partial charge < -0.3 is 5.11 Å². The van der Waals surface area contributed by atoms with Crippen LogP contribution >= 0.6 is 0 Å². The average Bonchev–Trinajstić information content (AvgIpc) is 2.69. The van der Waals surface area contributed by atoms with Crippen LogP contribution in [0.3, 0.4) is 0 Å². The van der Waals surface area contributed by atoms with Crippen molar-refractivity contribution in [2.24, 2.45) is 0 Å². The number of hydrogen-bond donors (Lipinski definition) is 1. The van der Waals surface area contributed by atoms with Gasteiger partial charge in [-0.3, -0.25) is 0 Å². The summed E-state index contributed by atoms with van der Waals surface area (Å²) >= 11 is 0. The summed E-state index contributed by atoms with van der Waals surface area (Å²) in [4.78, 5) is 0. The molecule has 2 aromatic rings. The van der Waals surface area contributed by atoms with Gasteiger partial charge in [0, 0.05) is 11.8 Å². The Hall–Kier alpha value is -1.61. The van der Waals surface area contributed by atoms with Gasteiger partial charge in [-0.2, -0.15) is 5.10 Å². The summed E-state index contributed by atoms with van der Waals surface area (Å²) in [5.41, 5.74) is 5.39. The van der Waals surface area contributed by atoms with Crippen LogP contribution in [0.4, 0.5) is 0 Å². The van der Waals surface area contributed by atoms with Crippen molar-refractivity contribution in [3.63, 3.8) is 0 Å². The molecule has 1 aromatic heterocycles. The van der Waals surface area contributed by atoms with Crippen LogP contribution < -0.4 is 0 Å². The van der Waals surface area contributed by atoms with Gasteiger partial charge in [-0.15, -0.1) is 0 Å². The summed E-state index contributed by atoms with van der Waals surface area (Å²) in [6.07, 6.45) is 2.89. The van der Waals surface area contributed by atoms with E-state index in [1.807, 2.05) is 17.8 Å². The fraction of sp³-hybridized carbons (Fsp3) is 0.357. The number of hydrogen-bond acceptors (Lipinski definition) is 2. The summed E-state index contributed by atoms with van der Waals surface area (Å²) < 4.78 is 1.88. The molecule has 0 bridgehead atoms. The van der Waals surface area contributed by atoms with Crippen LogP contribution in [0.5, 0.6) is 0 Å². The smallest absolute Gasteiger partial charge is 0.0715 e. The van der Waals surface area contributed by atoms with Crippen molar-refractivity contribution in [3.8, 4) is 5.69 Å². The van der Waals surface area contributed by atoms with Gasteiger partial charge in [-0.1, -0.05) is 25.1 Å². The zero-order valence-corrected chi connectivity index (χ0v) is 10.6. The molecule has 1 aromatic carbocycles. The molecule has 3 heteroatoms. The Morgan fingerprint density at radius 2 is 2.00 bits per heavy atom. The first-order valence-corrected chi connectivity index (χ1v) is 5.92. The second-order valence-corrected chi connectivity index (χ2v) is 4.28. The average molecular weight is 230 g/mol. The lowest BCUT2D eigenvalue weighted by molar-refractivity contribution is 0.281. The van der Waals surface area contributed by atoms with Crippen molar-refractivity contribution >= 4 is 0 Å². The van der Waals surface area contributed by atoms with Crippen LogP contribution in [0.2, 0.25) is 0 Å². The molecule has 0 atom stereocenters. The fourth-order valence-electron chi connectivity index (χ4n) is 2.10. The van der Waals surface area contributed by atoms with Crippen molar-refractivity contribution in [1.82, 2.24) is 9.78 Å². The second kappa shape index (κ2) is 4.72. The predicted octanol–water partition coefficient (Wildman–Crippen LogP) is 2.54. The van der Waals surface area contributed by atoms with Gasteiger partial charge in [0.15, 0.2) is 0 Å². The summed E-state index contributed by atoms with van der Waals surface area (Å²) in [5, 5.41) is 13.7. The van der Waals surface area contributed by atoms with Crippen LogP contribution in [0.25, 0.3) is 5.69 Å². The number of aliphatic hydroxyl groups excluding tert-OH is 1. The molecule has 2 rings (SSSR count). The van der Waals surface area contributed by atoms with Crippen LogP contribution in [0.15, 0.2) is 24.4 Å². The second-order valence-electron chi connectivity index (χ2n) is 4.28. The number of nitrogens with zero attached hydrogens (tertiary/aromatic N) is 2. The van der Waals surface area contributed by atoms with Gasteiger partial charge in [0.05, 0.1) is 18.0 Å². The third-order valence-corrected chi connectivity index (χ3v) is 3.10. The van der Waals surface area contributed by atoms with Gasteiger partial charge in [0.1, 0.15) is 0 Å². The molecule has 0 aliphatic rings. The third kappa shape index (κ3) is 2.11. The molecule has 3 nitrogen and oxygen atoms in total. The molecule has 1 heterocycles. The van der Waals surface area contributed by atoms with Crippen molar-refractivity contribution in [2.45, 2.75) is 33.8 Å². The van der Waals surface area contributed by atoms with Crippen LogP contribution in [-0.2, 0) is 13.0 Å². The topological polar surface area (TPSA) is 38.0 Å². The summed E-state index contributed by atoms with van der Waals surface area (Å²) in [6.45, 7) is 6.19. The number of benzene rings is 1. The molecule has 0 spiro atoms. The molecule has 17 heavy (non-hydrogen) atoms. The number of aryl methyl sites for hydroxylation is 3. The highest BCUT2D eigenvalue weighted by molar-refractivity contribution is 5.47. The van der Waals surface area contributed by atoms with E-state index in [9.17, 15) is 5.11 Å². The van der Waals surface area contributed by atoms with E-state index in [4.69, 9.17) is 0 Å². The van der Waals surface area contributed by atoms with E-state index in [0.717, 1.165) is 23.4 Å². The zero-order valence-electron chi connectivity index (χ0n) is 10.6. The molecular formula is C14H18N2O. The van der Waals surface area contributed by atoms with E-state index >= 15 is 0 Å². The minimum absolute atomic E-state index is 0.0408. The standard InChI is InChI=1S/C14H18N2O/c1-4-12-7-5-6-10(2)14(12)16-8-13(9-17)11(3)15-16/h5-8,17H,4,9H2,1-3H3. The Morgan fingerprint density at radius 1 is 1.24 bits per heavy atom. The monoisotopic (exact) mass is 230 g/mol. The quantitative estimate of drug-likeness (QED) is 0.880. The van der Waals surface area contributed by atoms with Crippen molar-refractivity contribution in [3.05, 3.63) is 46.8 Å². The molecule has 0 unspecified atom stereocenters. The fourth-order valence-corrected chi connectivity index (χ4v) is 2.10. The minimum atomic E-state index is 0.0408. The highest BCUT2D eigenvalue weighted by Crippen LogP contribution is 2.21. The van der Waals surface area contributed by atoms with Gasteiger partial charge >= 0.3 is 0 Å². The van der Waals surface area contributed by atoms with Crippen molar-refractivity contribution < 1.29 is 5.11 Å². The Labute approximate surface area is 102 Å². The number of aliphatic hydroxyl groups is 1. The molecule has 0 aliphatic heterocycles. The SMILES string of the molecule is CCc1cccc(C)c1-n1cc(CO)c(C)n1. The van der Waals surface area contributed by atoms with Gasteiger partial charge in [0.2, 0.25) is 0 Å². The van der Waals surface area contributed by atoms with Gasteiger partial charge in [-0.25, -0.2) is 4.68 Å². The molecule has 0 aliphatic carbocycles. The maximum atomic E-state index is 9.22. The molecule has 0 saturated carbocycles. The lowest BCUT2D eigenvalue weighted by Gasteiger charge is -2.11. The van der Waals surface area contributed by atoms with E-state index < -0.39 is 0 Å². The van der Waals surface area contributed by atoms with Crippen molar-refractivity contribution in [2.75, 3.05) is 0 Å². The highest BCUT2D eigenvalue weighted by Gasteiger charge is 2.10. The Morgan fingerprint density at radius 3 is 2.59 bits per heavy atom. The minimum Gasteiger partial charge on any atom is -0.392 e. The Balaban J connectivity index is 2.59. The third-order valence-electron chi connectivity index (χ3n) is 3.10. The lowest BCUT2D eigenvalue weighted by Crippen LogP contribution is -2.02. The van der Waals surface area contributed by atoms with E-state index in [2.05, 4.69) is 37.1 Å². The van der Waals surface area contributed by atoms with Crippen LogP contribution in [-0.4, -0.2) is 14.9 Å². The van der Waals surface area contributed by atoms with E-state index in [1.54, 1.807) is 0 Å². The summed E-state index contributed by atoms with van der Waals surface area (Å²) in [6, 6.07) is 6.28. The highest BCUT2D eigenvalue weighted by atomic mass is 16.3. The molecule has 90 valence electrons. The molecule has 0 saturated heterocycles. The largest absolute Gasteiger partial charge is 0.392 e. The Kier molecular flexibility index (Phi) is 3.29. The molecular weight excluding hydrogens is 212 g/mol. The number of rotatable bonds is 3. The predicted molar refractivity (Wildman–Crippen MR) is 68.3 cm³/mol.